The van der Waals surface area contributed by atoms with Gasteiger partial charge >= 0.3 is 0 Å². The largest absolute Gasteiger partial charge is 0.383 e. The van der Waals surface area contributed by atoms with Gasteiger partial charge < -0.3 is 10.1 Å². The Morgan fingerprint density at radius 3 is 2.71 bits per heavy atom. The first-order chi connectivity index (χ1) is 10.2. The van der Waals surface area contributed by atoms with Gasteiger partial charge in [-0.2, -0.15) is 5.10 Å². The van der Waals surface area contributed by atoms with Crippen LogP contribution in [0, 0.1) is 0 Å². The zero-order chi connectivity index (χ0) is 15.1. The second-order valence-corrected chi connectivity index (χ2v) is 4.83. The van der Waals surface area contributed by atoms with Crippen molar-refractivity contribution in [3.8, 4) is 11.3 Å². The molecule has 0 spiro atoms. The van der Waals surface area contributed by atoms with E-state index in [9.17, 15) is 4.79 Å². The fourth-order valence-electron chi connectivity index (χ4n) is 2.03. The molecule has 1 aromatic carbocycles. The number of ether oxygens (including phenoxy) is 1. The molecule has 5 heteroatoms. The first-order valence-corrected chi connectivity index (χ1v) is 7.12. The van der Waals surface area contributed by atoms with E-state index in [-0.39, 0.29) is 5.56 Å². The summed E-state index contributed by atoms with van der Waals surface area (Å²) in [6.07, 6.45) is 1.01. The zero-order valence-electron chi connectivity index (χ0n) is 12.5. The highest BCUT2D eigenvalue weighted by atomic mass is 16.5. The van der Waals surface area contributed by atoms with Gasteiger partial charge in [-0.15, -0.1) is 0 Å². The lowest BCUT2D eigenvalue weighted by atomic mass is 10.1. The molecule has 0 unspecified atom stereocenters. The highest BCUT2D eigenvalue weighted by Crippen LogP contribution is 2.17. The van der Waals surface area contributed by atoms with Gasteiger partial charge in [-0.05, 0) is 18.1 Å². The Hall–Kier alpha value is -1.98. The molecule has 2 rings (SSSR count). The molecule has 1 aromatic heterocycles. The van der Waals surface area contributed by atoms with Crippen molar-refractivity contribution in [3.63, 3.8) is 0 Å². The van der Waals surface area contributed by atoms with Crippen molar-refractivity contribution in [2.75, 3.05) is 20.3 Å². The van der Waals surface area contributed by atoms with Crippen molar-refractivity contribution in [3.05, 3.63) is 51.8 Å². The molecule has 0 amide bonds. The summed E-state index contributed by atoms with van der Waals surface area (Å²) in [7, 11) is 1.65. The predicted octanol–water partition coefficient (Wildman–Crippen LogP) is 1.74. The van der Waals surface area contributed by atoms with E-state index < -0.39 is 0 Å². The van der Waals surface area contributed by atoms with Gasteiger partial charge in [0.15, 0.2) is 0 Å². The maximum absolute atomic E-state index is 11.8. The Morgan fingerprint density at radius 1 is 1.29 bits per heavy atom. The summed E-state index contributed by atoms with van der Waals surface area (Å²) < 4.78 is 4.96. The molecule has 21 heavy (non-hydrogen) atoms. The molecule has 0 aliphatic rings. The zero-order valence-corrected chi connectivity index (χ0v) is 12.5. The van der Waals surface area contributed by atoms with E-state index in [4.69, 9.17) is 4.74 Å². The van der Waals surface area contributed by atoms with E-state index in [0.717, 1.165) is 17.7 Å². The van der Waals surface area contributed by atoms with Gasteiger partial charge in [-0.1, -0.05) is 31.2 Å². The minimum absolute atomic E-state index is 0.158. The van der Waals surface area contributed by atoms with Crippen LogP contribution in [0.4, 0.5) is 0 Å². The summed E-state index contributed by atoms with van der Waals surface area (Å²) in [4.78, 5) is 11.8. The van der Waals surface area contributed by atoms with E-state index in [0.29, 0.717) is 25.3 Å². The summed E-state index contributed by atoms with van der Waals surface area (Å²) >= 11 is 0. The molecule has 0 radical (unpaired) electrons. The van der Waals surface area contributed by atoms with Crippen LogP contribution in [0.25, 0.3) is 11.3 Å². The van der Waals surface area contributed by atoms with Crippen LogP contribution in [0.15, 0.2) is 35.1 Å². The average Bonchev–Trinajstić information content (AvgIpc) is 2.53. The minimum Gasteiger partial charge on any atom is -0.383 e. The highest BCUT2D eigenvalue weighted by molar-refractivity contribution is 5.59. The van der Waals surface area contributed by atoms with Crippen LogP contribution < -0.4 is 10.9 Å². The van der Waals surface area contributed by atoms with Gasteiger partial charge in [-0.25, -0.2) is 5.10 Å². The molecule has 0 saturated carbocycles. The summed E-state index contributed by atoms with van der Waals surface area (Å²) in [5, 5.41) is 9.85. The molecule has 0 bridgehead atoms. The van der Waals surface area contributed by atoms with Crippen LogP contribution in [-0.4, -0.2) is 30.5 Å². The lowest BCUT2D eigenvalue weighted by Crippen LogP contribution is -2.24. The Labute approximate surface area is 124 Å². The number of H-pyrrole nitrogens is 1. The van der Waals surface area contributed by atoms with E-state index in [1.807, 2.05) is 18.2 Å². The molecule has 0 aliphatic carbocycles. The number of aromatic amines is 1. The molecular weight excluding hydrogens is 266 g/mol. The van der Waals surface area contributed by atoms with E-state index in [2.05, 4.69) is 34.6 Å². The van der Waals surface area contributed by atoms with Crippen molar-refractivity contribution >= 4 is 0 Å². The third-order valence-corrected chi connectivity index (χ3v) is 3.34. The van der Waals surface area contributed by atoms with Crippen molar-refractivity contribution in [2.45, 2.75) is 19.9 Å². The molecule has 112 valence electrons. The quantitative estimate of drug-likeness (QED) is 0.761. The molecule has 5 nitrogen and oxygen atoms in total. The maximum atomic E-state index is 11.8. The van der Waals surface area contributed by atoms with E-state index in [1.54, 1.807) is 7.11 Å². The first kappa shape index (κ1) is 15.4. The highest BCUT2D eigenvalue weighted by Gasteiger charge is 2.05. The third-order valence-electron chi connectivity index (χ3n) is 3.34. The third kappa shape index (κ3) is 4.24. The molecule has 0 aliphatic heterocycles. The van der Waals surface area contributed by atoms with Crippen molar-refractivity contribution in [1.29, 1.82) is 0 Å². The average molecular weight is 287 g/mol. The van der Waals surface area contributed by atoms with Gasteiger partial charge in [0.2, 0.25) is 0 Å². The molecule has 0 atom stereocenters. The van der Waals surface area contributed by atoms with Gasteiger partial charge in [0.25, 0.3) is 5.56 Å². The number of aromatic nitrogens is 2. The molecule has 2 N–H and O–H groups in total. The van der Waals surface area contributed by atoms with Crippen molar-refractivity contribution in [2.24, 2.45) is 0 Å². The van der Waals surface area contributed by atoms with Crippen molar-refractivity contribution in [1.82, 2.24) is 15.5 Å². The van der Waals surface area contributed by atoms with Crippen LogP contribution in [-0.2, 0) is 17.7 Å². The number of methoxy groups -OCH3 is 1. The number of rotatable bonds is 7. The van der Waals surface area contributed by atoms with E-state index in [1.165, 1.54) is 5.56 Å². The summed E-state index contributed by atoms with van der Waals surface area (Å²) in [5.74, 6) is 0. The Kier molecular flexibility index (Phi) is 5.66. The normalized spacial score (nSPS) is 10.8. The van der Waals surface area contributed by atoms with Crippen LogP contribution in [0.3, 0.4) is 0 Å². The van der Waals surface area contributed by atoms with Gasteiger partial charge in [0.1, 0.15) is 0 Å². The number of hydrogen-bond acceptors (Lipinski definition) is 4. The predicted molar refractivity (Wildman–Crippen MR) is 83.3 cm³/mol. The lowest BCUT2D eigenvalue weighted by molar-refractivity contribution is 0.199. The maximum Gasteiger partial charge on any atom is 0.268 e. The number of hydrogen-bond donors (Lipinski definition) is 2. The second-order valence-electron chi connectivity index (χ2n) is 4.83. The summed E-state index contributed by atoms with van der Waals surface area (Å²) in [6, 6.07) is 10.1. The topological polar surface area (TPSA) is 67.0 Å². The number of benzene rings is 1. The SMILES string of the molecule is CCc1ccc(-c2cc(CNCCOC)c(=O)[nH]n2)cc1. The molecule has 0 fully saturated rings. The number of nitrogens with zero attached hydrogens (tertiary/aromatic N) is 1. The standard InChI is InChI=1S/C16H21N3O2/c1-3-12-4-6-13(7-5-12)15-10-14(16(20)19-18-15)11-17-8-9-21-2/h4-7,10,17H,3,8-9,11H2,1-2H3,(H,19,20). The van der Waals surface area contributed by atoms with E-state index >= 15 is 0 Å². The lowest BCUT2D eigenvalue weighted by Gasteiger charge is -2.06. The van der Waals surface area contributed by atoms with Gasteiger partial charge in [0.05, 0.1) is 12.3 Å². The minimum atomic E-state index is -0.158. The fourth-order valence-corrected chi connectivity index (χ4v) is 2.03. The molecule has 2 aromatic rings. The summed E-state index contributed by atoms with van der Waals surface area (Å²) in [5.41, 5.74) is 3.58. The van der Waals surface area contributed by atoms with Crippen LogP contribution in [0.5, 0.6) is 0 Å². The monoisotopic (exact) mass is 287 g/mol. The number of nitrogens with one attached hydrogen (secondary N) is 2. The molecule has 0 saturated heterocycles. The number of aryl methyl sites for hydroxylation is 1. The Balaban J connectivity index is 2.15. The van der Waals surface area contributed by atoms with Crippen LogP contribution in [0.1, 0.15) is 18.1 Å². The van der Waals surface area contributed by atoms with Crippen LogP contribution >= 0.6 is 0 Å². The summed E-state index contributed by atoms with van der Waals surface area (Å²) in [6.45, 7) is 3.95. The first-order valence-electron chi connectivity index (χ1n) is 7.12. The fraction of sp³-hybridized carbons (Fsp3) is 0.375. The smallest absolute Gasteiger partial charge is 0.268 e. The molecule has 1 heterocycles. The van der Waals surface area contributed by atoms with Crippen LogP contribution in [0.2, 0.25) is 0 Å². The second kappa shape index (κ2) is 7.71. The van der Waals surface area contributed by atoms with Gasteiger partial charge in [-0.3, -0.25) is 4.79 Å². The van der Waals surface area contributed by atoms with Crippen molar-refractivity contribution < 1.29 is 4.74 Å². The Morgan fingerprint density at radius 2 is 2.05 bits per heavy atom. The van der Waals surface area contributed by atoms with Gasteiger partial charge in [0, 0.05) is 31.3 Å². The Bertz CT molecular complexity index is 620. The molecular formula is C16H21N3O2.